The number of carboxylic acids is 1. The van der Waals surface area contributed by atoms with E-state index in [9.17, 15) is 23.9 Å². The van der Waals surface area contributed by atoms with E-state index < -0.39 is 28.8 Å². The van der Waals surface area contributed by atoms with Crippen LogP contribution in [0.25, 0.3) is 10.9 Å². The minimum absolute atomic E-state index is 0.0308. The van der Waals surface area contributed by atoms with E-state index >= 15 is 0 Å². The van der Waals surface area contributed by atoms with Gasteiger partial charge in [0.2, 0.25) is 11.3 Å². The molecule has 1 fully saturated rings. The number of anilines is 2. The maximum absolute atomic E-state index is 14.9. The van der Waals surface area contributed by atoms with E-state index in [-0.39, 0.29) is 28.7 Å². The summed E-state index contributed by atoms with van der Waals surface area (Å²) in [6.07, 6.45) is 3.49. The molecular formula is C18H18FN3O4. The Morgan fingerprint density at radius 1 is 1.38 bits per heavy atom. The van der Waals surface area contributed by atoms with Gasteiger partial charge in [-0.25, -0.2) is 9.18 Å². The predicted molar refractivity (Wildman–Crippen MR) is 94.5 cm³/mol. The maximum atomic E-state index is 14.9. The van der Waals surface area contributed by atoms with Crippen LogP contribution in [-0.4, -0.2) is 34.6 Å². The molecule has 1 saturated carbocycles. The Morgan fingerprint density at radius 3 is 2.65 bits per heavy atom. The van der Waals surface area contributed by atoms with Crippen molar-refractivity contribution in [2.24, 2.45) is 0 Å². The van der Waals surface area contributed by atoms with Crippen LogP contribution in [0.5, 0.6) is 0 Å². The summed E-state index contributed by atoms with van der Waals surface area (Å²) in [4.78, 5) is 38.1. The second kappa shape index (κ2) is 5.55. The zero-order chi connectivity index (χ0) is 18.7. The molecule has 26 heavy (non-hydrogen) atoms. The van der Waals surface area contributed by atoms with E-state index in [4.69, 9.17) is 0 Å². The van der Waals surface area contributed by atoms with Gasteiger partial charge in [0.1, 0.15) is 17.4 Å². The van der Waals surface area contributed by atoms with E-state index in [1.54, 1.807) is 16.5 Å². The molecular weight excluding hydrogens is 341 g/mol. The predicted octanol–water partition coefficient (Wildman–Crippen LogP) is 2.34. The number of carboxylic acid groups (broad SMARTS) is 1. The van der Waals surface area contributed by atoms with Crippen LogP contribution in [0.3, 0.4) is 0 Å². The normalized spacial score (nSPS) is 19.4. The summed E-state index contributed by atoms with van der Waals surface area (Å²) in [7, 11) is 1.64. The minimum atomic E-state index is -1.35. The van der Waals surface area contributed by atoms with Gasteiger partial charge in [0.05, 0.1) is 22.3 Å². The molecule has 0 radical (unpaired) electrons. The van der Waals surface area contributed by atoms with Gasteiger partial charge < -0.3 is 19.9 Å². The van der Waals surface area contributed by atoms with Crippen LogP contribution in [-0.2, 0) is 4.79 Å². The molecule has 1 atom stereocenters. The molecule has 2 aliphatic rings. The summed E-state index contributed by atoms with van der Waals surface area (Å²) < 4.78 is 16.6. The molecule has 2 heterocycles. The van der Waals surface area contributed by atoms with E-state index in [2.05, 4.69) is 5.32 Å². The number of pyridine rings is 1. The first-order valence-corrected chi connectivity index (χ1v) is 8.53. The number of amides is 1. The third-order valence-corrected chi connectivity index (χ3v) is 5.17. The molecule has 1 aromatic heterocycles. The largest absolute Gasteiger partial charge is 0.477 e. The van der Waals surface area contributed by atoms with Crippen LogP contribution >= 0.6 is 0 Å². The lowest BCUT2D eigenvalue weighted by molar-refractivity contribution is -0.117. The van der Waals surface area contributed by atoms with Crippen LogP contribution in [0.4, 0.5) is 15.8 Å². The zero-order valence-corrected chi connectivity index (χ0v) is 14.4. The lowest BCUT2D eigenvalue weighted by atomic mass is 10.0. The fraction of sp³-hybridized carbons (Fsp3) is 0.389. The molecule has 1 aromatic carbocycles. The van der Waals surface area contributed by atoms with Gasteiger partial charge in [-0.1, -0.05) is 6.92 Å². The highest BCUT2D eigenvalue weighted by Crippen LogP contribution is 2.44. The van der Waals surface area contributed by atoms with E-state index in [0.717, 1.165) is 18.9 Å². The molecule has 0 saturated heterocycles. The molecule has 1 unspecified atom stereocenters. The number of rotatable bonds is 3. The fourth-order valence-electron chi connectivity index (χ4n) is 3.73. The number of hydrogen-bond acceptors (Lipinski definition) is 4. The molecule has 8 heteroatoms. The molecule has 2 N–H and O–H groups in total. The van der Waals surface area contributed by atoms with E-state index in [1.165, 1.54) is 6.20 Å². The van der Waals surface area contributed by atoms with Crippen LogP contribution in [0.2, 0.25) is 0 Å². The highest BCUT2D eigenvalue weighted by atomic mass is 19.1. The first-order valence-electron chi connectivity index (χ1n) is 8.53. The van der Waals surface area contributed by atoms with Crippen LogP contribution in [0.1, 0.15) is 42.6 Å². The Hall–Kier alpha value is -2.90. The summed E-state index contributed by atoms with van der Waals surface area (Å²) >= 11 is 0. The van der Waals surface area contributed by atoms with Gasteiger partial charge >= 0.3 is 5.97 Å². The summed E-state index contributed by atoms with van der Waals surface area (Å²) in [5.74, 6) is -2.28. The SMILES string of the molecule is CCC1C(=O)Nc2c(c(F)cc3c(=O)c(C(=O)O)cn(C4CC4)c23)N1C. The monoisotopic (exact) mass is 359 g/mol. The Morgan fingerprint density at radius 2 is 2.08 bits per heavy atom. The molecule has 0 bridgehead atoms. The molecule has 136 valence electrons. The number of aromatic nitrogens is 1. The van der Waals surface area contributed by atoms with Crippen molar-refractivity contribution >= 4 is 34.2 Å². The van der Waals surface area contributed by atoms with Crippen molar-refractivity contribution in [3.63, 3.8) is 0 Å². The number of likely N-dealkylation sites (N-methyl/N-ethyl adjacent to an activating group) is 1. The second-order valence-corrected chi connectivity index (χ2v) is 6.82. The van der Waals surface area contributed by atoms with Gasteiger partial charge in [-0.3, -0.25) is 9.59 Å². The van der Waals surface area contributed by atoms with Crippen molar-refractivity contribution < 1.29 is 19.1 Å². The van der Waals surface area contributed by atoms with Crippen molar-refractivity contribution in [3.05, 3.63) is 33.9 Å². The topological polar surface area (TPSA) is 91.6 Å². The lowest BCUT2D eigenvalue weighted by Gasteiger charge is -2.36. The smallest absolute Gasteiger partial charge is 0.341 e. The van der Waals surface area contributed by atoms with Crippen LogP contribution in [0.15, 0.2) is 17.1 Å². The molecule has 1 aliphatic carbocycles. The van der Waals surface area contributed by atoms with Crippen LogP contribution < -0.4 is 15.6 Å². The van der Waals surface area contributed by atoms with Gasteiger partial charge in [-0.2, -0.15) is 0 Å². The number of aromatic carboxylic acids is 1. The maximum Gasteiger partial charge on any atom is 0.341 e. The number of halogens is 1. The number of nitrogens with zero attached hydrogens (tertiary/aromatic N) is 2. The summed E-state index contributed by atoms with van der Waals surface area (Å²) in [6.45, 7) is 1.84. The van der Waals surface area contributed by atoms with E-state index in [0.29, 0.717) is 11.9 Å². The molecule has 0 spiro atoms. The average Bonchev–Trinajstić information content (AvgIpc) is 3.40. The van der Waals surface area contributed by atoms with Crippen molar-refractivity contribution in [3.8, 4) is 0 Å². The van der Waals surface area contributed by atoms with Crippen molar-refractivity contribution in [2.75, 3.05) is 17.3 Å². The molecule has 7 nitrogen and oxygen atoms in total. The first kappa shape index (κ1) is 16.6. The average molecular weight is 359 g/mol. The number of hydrogen-bond donors (Lipinski definition) is 2. The molecule has 2 aromatic rings. The second-order valence-electron chi connectivity index (χ2n) is 6.82. The molecule has 4 rings (SSSR count). The van der Waals surface area contributed by atoms with Gasteiger partial charge in [-0.05, 0) is 25.3 Å². The highest BCUT2D eigenvalue weighted by Gasteiger charge is 2.36. The Labute approximate surface area is 148 Å². The van der Waals surface area contributed by atoms with Crippen molar-refractivity contribution in [2.45, 2.75) is 38.3 Å². The minimum Gasteiger partial charge on any atom is -0.477 e. The summed E-state index contributed by atoms with van der Waals surface area (Å²) in [5, 5.41) is 12.0. The first-order chi connectivity index (χ1) is 12.3. The summed E-state index contributed by atoms with van der Waals surface area (Å²) in [5.41, 5.74) is -0.307. The zero-order valence-electron chi connectivity index (χ0n) is 14.4. The van der Waals surface area contributed by atoms with Gasteiger partial charge in [0.25, 0.3) is 0 Å². The number of carbonyl (C=O) groups excluding carboxylic acids is 1. The third-order valence-electron chi connectivity index (χ3n) is 5.17. The third kappa shape index (κ3) is 2.21. The van der Waals surface area contributed by atoms with E-state index in [1.807, 2.05) is 6.92 Å². The van der Waals surface area contributed by atoms with Gasteiger partial charge in [-0.15, -0.1) is 0 Å². The van der Waals surface area contributed by atoms with Gasteiger partial charge in [0.15, 0.2) is 0 Å². The lowest BCUT2D eigenvalue weighted by Crippen LogP contribution is -2.46. The molecule has 1 aliphatic heterocycles. The van der Waals surface area contributed by atoms with Crippen molar-refractivity contribution in [1.29, 1.82) is 0 Å². The fourth-order valence-corrected chi connectivity index (χ4v) is 3.73. The van der Waals surface area contributed by atoms with Crippen LogP contribution in [0, 0.1) is 5.82 Å². The Balaban J connectivity index is 2.12. The Bertz CT molecular complexity index is 1030. The highest BCUT2D eigenvalue weighted by molar-refractivity contribution is 6.12. The quantitative estimate of drug-likeness (QED) is 0.878. The number of carbonyl (C=O) groups is 2. The van der Waals surface area contributed by atoms with Crippen molar-refractivity contribution in [1.82, 2.24) is 4.57 Å². The number of fused-ring (bicyclic) bond motifs is 3. The molecule has 1 amide bonds. The summed E-state index contributed by atoms with van der Waals surface area (Å²) in [6, 6.07) is 0.619. The van der Waals surface area contributed by atoms with Gasteiger partial charge in [0, 0.05) is 19.3 Å². The standard InChI is InChI=1S/C18H18FN3O4/c1-3-12-17(24)20-13-14-9(6-11(19)15(13)21(12)2)16(23)10(18(25)26)7-22(14)8-4-5-8/h6-8,12H,3-5H2,1-2H3,(H,20,24)(H,25,26). The Kier molecular flexibility index (Phi) is 3.54. The number of benzene rings is 1. The number of nitrogens with one attached hydrogen (secondary N) is 1.